The Morgan fingerprint density at radius 1 is 1.05 bits per heavy atom. The first-order chi connectivity index (χ1) is 9.50. The lowest BCUT2D eigenvalue weighted by atomic mass is 10.1. The Morgan fingerprint density at radius 3 is 2.45 bits per heavy atom. The molecular weight excluding hydrogens is 273 g/mol. The van der Waals surface area contributed by atoms with Crippen molar-refractivity contribution in [2.45, 2.75) is 6.61 Å². The van der Waals surface area contributed by atoms with E-state index in [1.54, 1.807) is 0 Å². The van der Waals surface area contributed by atoms with E-state index in [0.717, 1.165) is 12.1 Å². The Morgan fingerprint density at radius 2 is 1.75 bits per heavy atom. The monoisotopic (exact) mass is 282 g/mol. The van der Waals surface area contributed by atoms with Gasteiger partial charge in [0.25, 0.3) is 0 Å². The number of ether oxygens (including phenoxy) is 1. The maximum atomic E-state index is 13.8. The van der Waals surface area contributed by atoms with E-state index < -0.39 is 35.6 Å². The zero-order valence-electron chi connectivity index (χ0n) is 10.1. The largest absolute Gasteiger partial charge is 0.486 e. The molecule has 0 amide bonds. The van der Waals surface area contributed by atoms with Crippen LogP contribution in [0.5, 0.6) is 5.75 Å². The third kappa shape index (κ3) is 2.74. The van der Waals surface area contributed by atoms with Crippen LogP contribution in [-0.2, 0) is 6.61 Å². The van der Waals surface area contributed by atoms with Crippen molar-refractivity contribution in [3.63, 3.8) is 0 Å². The van der Waals surface area contributed by atoms with Crippen LogP contribution in [0, 0.1) is 17.5 Å². The Labute approximate surface area is 112 Å². The number of rotatable bonds is 4. The maximum Gasteiger partial charge on any atom is 0.338 e. The molecule has 0 aliphatic heterocycles. The van der Waals surface area contributed by atoms with Crippen LogP contribution in [0.3, 0.4) is 0 Å². The first-order valence-corrected chi connectivity index (χ1v) is 5.58. The third-order valence-electron chi connectivity index (χ3n) is 2.61. The summed E-state index contributed by atoms with van der Waals surface area (Å²) in [6, 6.07) is 7.11. The molecule has 0 heterocycles. The van der Waals surface area contributed by atoms with Crippen molar-refractivity contribution < 1.29 is 27.8 Å². The molecule has 0 spiro atoms. The summed E-state index contributed by atoms with van der Waals surface area (Å²) in [6.45, 7) is -0.409. The molecule has 0 fully saturated rings. The van der Waals surface area contributed by atoms with Gasteiger partial charge in [0.05, 0.1) is 5.56 Å². The number of aromatic carboxylic acids is 1. The molecule has 0 unspecified atom stereocenters. The van der Waals surface area contributed by atoms with Crippen molar-refractivity contribution in [1.29, 1.82) is 0 Å². The molecule has 1 N–H and O–H groups in total. The molecule has 2 aromatic carbocycles. The minimum atomic E-state index is -1.42. The van der Waals surface area contributed by atoms with Gasteiger partial charge in [-0.25, -0.2) is 13.6 Å². The van der Waals surface area contributed by atoms with Crippen LogP contribution < -0.4 is 4.74 Å². The summed E-state index contributed by atoms with van der Waals surface area (Å²) in [7, 11) is 0. The Kier molecular flexibility index (Phi) is 3.93. The van der Waals surface area contributed by atoms with Crippen molar-refractivity contribution in [2.75, 3.05) is 0 Å². The lowest BCUT2D eigenvalue weighted by molar-refractivity contribution is 0.0691. The molecule has 0 bridgehead atoms. The molecule has 104 valence electrons. The van der Waals surface area contributed by atoms with Crippen LogP contribution in [-0.4, -0.2) is 11.1 Å². The maximum absolute atomic E-state index is 13.8. The average molecular weight is 282 g/mol. The lowest BCUT2D eigenvalue weighted by Gasteiger charge is -2.09. The standard InChI is InChI=1S/C14H9F3O3/c15-10-5-2-6-11(13(10)17)20-7-8-3-1-4-9(12(8)16)14(18)19/h1-6H,7H2,(H,18,19). The quantitative estimate of drug-likeness (QED) is 0.935. The second-order valence-electron chi connectivity index (χ2n) is 3.92. The van der Waals surface area contributed by atoms with Gasteiger partial charge in [-0.05, 0) is 18.2 Å². The predicted molar refractivity (Wildman–Crippen MR) is 64.0 cm³/mol. The van der Waals surface area contributed by atoms with Crippen LogP contribution >= 0.6 is 0 Å². The average Bonchev–Trinajstić information content (AvgIpc) is 2.41. The summed E-state index contributed by atoms with van der Waals surface area (Å²) >= 11 is 0. The van der Waals surface area contributed by atoms with Gasteiger partial charge in [-0.1, -0.05) is 18.2 Å². The van der Waals surface area contributed by atoms with Gasteiger partial charge < -0.3 is 9.84 Å². The highest BCUT2D eigenvalue weighted by Gasteiger charge is 2.15. The summed E-state index contributed by atoms with van der Waals surface area (Å²) in [6.07, 6.45) is 0. The van der Waals surface area contributed by atoms with Gasteiger partial charge >= 0.3 is 5.97 Å². The smallest absolute Gasteiger partial charge is 0.338 e. The lowest BCUT2D eigenvalue weighted by Crippen LogP contribution is -2.06. The number of carboxylic acid groups (broad SMARTS) is 1. The SMILES string of the molecule is O=C(O)c1cccc(COc2cccc(F)c2F)c1F. The molecule has 2 rings (SSSR count). The highest BCUT2D eigenvalue weighted by Crippen LogP contribution is 2.21. The van der Waals surface area contributed by atoms with Crippen molar-refractivity contribution in [1.82, 2.24) is 0 Å². The Hall–Kier alpha value is -2.50. The minimum absolute atomic E-state index is 0.0615. The number of halogens is 3. The highest BCUT2D eigenvalue weighted by atomic mass is 19.2. The summed E-state index contributed by atoms with van der Waals surface area (Å²) in [5.74, 6) is -5.01. The number of hydrogen-bond donors (Lipinski definition) is 1. The van der Waals surface area contributed by atoms with Crippen molar-refractivity contribution in [3.8, 4) is 5.75 Å². The van der Waals surface area contributed by atoms with Gasteiger partial charge in [0.15, 0.2) is 11.6 Å². The van der Waals surface area contributed by atoms with Gasteiger partial charge in [-0.2, -0.15) is 4.39 Å². The van der Waals surface area contributed by atoms with Crippen LogP contribution in [0.4, 0.5) is 13.2 Å². The molecule has 3 nitrogen and oxygen atoms in total. The van der Waals surface area contributed by atoms with Gasteiger partial charge in [-0.3, -0.25) is 0 Å². The topological polar surface area (TPSA) is 46.5 Å². The molecule has 2 aromatic rings. The molecular formula is C14H9F3O3. The van der Waals surface area contributed by atoms with E-state index in [2.05, 4.69) is 0 Å². The van der Waals surface area contributed by atoms with Gasteiger partial charge in [-0.15, -0.1) is 0 Å². The second kappa shape index (κ2) is 5.64. The van der Waals surface area contributed by atoms with Crippen molar-refractivity contribution in [2.24, 2.45) is 0 Å². The van der Waals surface area contributed by atoms with Crippen LogP contribution in [0.25, 0.3) is 0 Å². The van der Waals surface area contributed by atoms with E-state index in [4.69, 9.17) is 9.84 Å². The zero-order valence-corrected chi connectivity index (χ0v) is 10.1. The summed E-state index contributed by atoms with van der Waals surface area (Å²) in [5.41, 5.74) is -0.570. The minimum Gasteiger partial charge on any atom is -0.486 e. The zero-order chi connectivity index (χ0) is 14.7. The number of hydrogen-bond acceptors (Lipinski definition) is 2. The van der Waals surface area contributed by atoms with E-state index in [1.807, 2.05) is 0 Å². The highest BCUT2D eigenvalue weighted by molar-refractivity contribution is 5.88. The molecule has 0 saturated carbocycles. The fraction of sp³-hybridized carbons (Fsp3) is 0.0714. The fourth-order valence-electron chi connectivity index (χ4n) is 1.61. The van der Waals surface area contributed by atoms with Gasteiger partial charge in [0.1, 0.15) is 12.4 Å². The van der Waals surface area contributed by atoms with E-state index in [-0.39, 0.29) is 11.3 Å². The first kappa shape index (κ1) is 13.9. The van der Waals surface area contributed by atoms with Crippen molar-refractivity contribution in [3.05, 3.63) is 65.0 Å². The van der Waals surface area contributed by atoms with Crippen LogP contribution in [0.15, 0.2) is 36.4 Å². The van der Waals surface area contributed by atoms with Crippen LogP contribution in [0.1, 0.15) is 15.9 Å². The molecule has 0 radical (unpaired) electrons. The molecule has 0 aromatic heterocycles. The second-order valence-corrected chi connectivity index (χ2v) is 3.92. The molecule has 6 heteroatoms. The summed E-state index contributed by atoms with van der Waals surface area (Å²) < 4.78 is 45.0. The molecule has 0 aliphatic rings. The molecule has 20 heavy (non-hydrogen) atoms. The summed E-state index contributed by atoms with van der Waals surface area (Å²) in [5, 5.41) is 8.77. The van der Waals surface area contributed by atoms with Gasteiger partial charge in [0.2, 0.25) is 5.82 Å². The van der Waals surface area contributed by atoms with Gasteiger partial charge in [0, 0.05) is 5.56 Å². The fourth-order valence-corrected chi connectivity index (χ4v) is 1.61. The predicted octanol–water partition coefficient (Wildman–Crippen LogP) is 3.38. The van der Waals surface area contributed by atoms with E-state index in [0.29, 0.717) is 0 Å². The Balaban J connectivity index is 2.21. The van der Waals surface area contributed by atoms with E-state index in [9.17, 15) is 18.0 Å². The normalized spacial score (nSPS) is 10.3. The molecule has 0 aliphatic carbocycles. The van der Waals surface area contributed by atoms with Crippen LogP contribution in [0.2, 0.25) is 0 Å². The Bertz CT molecular complexity index is 656. The number of carbonyl (C=O) groups is 1. The van der Waals surface area contributed by atoms with E-state index >= 15 is 0 Å². The number of benzene rings is 2. The molecule has 0 saturated heterocycles. The first-order valence-electron chi connectivity index (χ1n) is 5.58. The number of carboxylic acids is 1. The van der Waals surface area contributed by atoms with Crippen molar-refractivity contribution >= 4 is 5.97 Å². The third-order valence-corrected chi connectivity index (χ3v) is 2.61. The summed E-state index contributed by atoms with van der Waals surface area (Å²) in [4.78, 5) is 10.8. The molecule has 0 atom stereocenters. The van der Waals surface area contributed by atoms with E-state index in [1.165, 1.54) is 24.3 Å².